The van der Waals surface area contributed by atoms with Gasteiger partial charge in [0.15, 0.2) is 5.82 Å². The van der Waals surface area contributed by atoms with Crippen molar-refractivity contribution in [2.75, 3.05) is 32.8 Å². The van der Waals surface area contributed by atoms with Crippen LogP contribution < -0.4 is 0 Å². The molecule has 0 aliphatic carbocycles. The number of aromatic nitrogens is 2. The molecular weight excluding hydrogens is 272 g/mol. The van der Waals surface area contributed by atoms with Crippen molar-refractivity contribution in [1.82, 2.24) is 19.9 Å². The van der Waals surface area contributed by atoms with Gasteiger partial charge in [0.1, 0.15) is 0 Å². The summed E-state index contributed by atoms with van der Waals surface area (Å²) in [5.41, 5.74) is -0.275. The summed E-state index contributed by atoms with van der Waals surface area (Å²) < 4.78 is 5.16. The highest BCUT2D eigenvalue weighted by Gasteiger charge is 2.48. The number of likely N-dealkylation sites (tertiary alicyclic amines) is 2. The number of aliphatic hydroxyl groups is 1. The van der Waals surface area contributed by atoms with Crippen LogP contribution in [0.2, 0.25) is 0 Å². The topological polar surface area (TPSA) is 82.7 Å². The Bertz CT molecular complexity index is 516. The van der Waals surface area contributed by atoms with Crippen molar-refractivity contribution >= 4 is 5.91 Å². The summed E-state index contributed by atoms with van der Waals surface area (Å²) in [6.45, 7) is 5.28. The number of amides is 1. The molecule has 2 aliphatic rings. The van der Waals surface area contributed by atoms with Crippen LogP contribution in [0.15, 0.2) is 4.52 Å². The molecule has 1 atom stereocenters. The van der Waals surface area contributed by atoms with E-state index in [0.29, 0.717) is 24.8 Å². The third-order valence-electron chi connectivity index (χ3n) is 4.56. The number of β-amino-alcohol motifs (C(OH)–C–C–N with tert-alkyl or cyclic N) is 1. The smallest absolute Gasteiger partial charge is 0.240 e. The molecule has 21 heavy (non-hydrogen) atoms. The van der Waals surface area contributed by atoms with Gasteiger partial charge in [0.25, 0.3) is 0 Å². The number of rotatable bonds is 4. The van der Waals surface area contributed by atoms with Gasteiger partial charge in [0, 0.05) is 19.6 Å². The molecule has 0 saturated carbocycles. The largest absolute Gasteiger partial charge is 0.395 e. The lowest BCUT2D eigenvalue weighted by atomic mass is 9.78. The summed E-state index contributed by atoms with van der Waals surface area (Å²) in [5, 5.41) is 12.9. The first-order chi connectivity index (χ1) is 10.1. The molecule has 2 aliphatic heterocycles. The molecule has 116 valence electrons. The van der Waals surface area contributed by atoms with Crippen molar-refractivity contribution in [3.63, 3.8) is 0 Å². The maximum atomic E-state index is 12.7. The van der Waals surface area contributed by atoms with Gasteiger partial charge in [-0.3, -0.25) is 9.69 Å². The van der Waals surface area contributed by atoms with E-state index < -0.39 is 0 Å². The average Bonchev–Trinajstić information content (AvgIpc) is 3.04. The SMILES string of the molecule is Cc1noc(CN2CC[C@@]3(CCCN(CCO)C3=O)C2)n1. The maximum Gasteiger partial charge on any atom is 0.240 e. The summed E-state index contributed by atoms with van der Waals surface area (Å²) in [4.78, 5) is 20.9. The predicted octanol–water partition coefficient (Wildman–Crippen LogP) is 0.185. The van der Waals surface area contributed by atoms with Crippen molar-refractivity contribution in [2.45, 2.75) is 32.7 Å². The molecule has 1 aromatic heterocycles. The lowest BCUT2D eigenvalue weighted by Gasteiger charge is -2.39. The zero-order valence-corrected chi connectivity index (χ0v) is 12.4. The minimum atomic E-state index is -0.275. The van der Waals surface area contributed by atoms with E-state index in [1.54, 1.807) is 6.92 Å². The number of nitrogens with zero attached hydrogens (tertiary/aromatic N) is 4. The van der Waals surface area contributed by atoms with Crippen LogP contribution in [0.25, 0.3) is 0 Å². The number of carbonyl (C=O) groups is 1. The number of aliphatic hydroxyl groups excluding tert-OH is 1. The second-order valence-electron chi connectivity index (χ2n) is 6.10. The number of aryl methyl sites for hydroxylation is 1. The first-order valence-corrected chi connectivity index (χ1v) is 7.55. The second kappa shape index (κ2) is 5.73. The van der Waals surface area contributed by atoms with Gasteiger partial charge < -0.3 is 14.5 Å². The average molecular weight is 294 g/mol. The highest BCUT2D eigenvalue weighted by Crippen LogP contribution is 2.40. The number of hydrogen-bond acceptors (Lipinski definition) is 6. The highest BCUT2D eigenvalue weighted by atomic mass is 16.5. The van der Waals surface area contributed by atoms with Crippen LogP contribution >= 0.6 is 0 Å². The summed E-state index contributed by atoms with van der Waals surface area (Å²) >= 11 is 0. The van der Waals surface area contributed by atoms with Crippen molar-refractivity contribution < 1.29 is 14.4 Å². The molecule has 0 bridgehead atoms. The van der Waals surface area contributed by atoms with Crippen LogP contribution in [0, 0.1) is 12.3 Å². The molecule has 2 fully saturated rings. The Morgan fingerprint density at radius 2 is 2.24 bits per heavy atom. The standard InChI is InChI=1S/C14H22N4O3/c1-11-15-12(21-16-11)9-17-6-4-14(10-17)3-2-5-18(7-8-19)13(14)20/h19H,2-10H2,1H3/t14-/m0/s1. The van der Waals surface area contributed by atoms with E-state index in [1.807, 2.05) is 4.90 Å². The zero-order chi connectivity index (χ0) is 14.9. The number of carbonyl (C=O) groups excluding carboxylic acids is 1. The monoisotopic (exact) mass is 294 g/mol. The fraction of sp³-hybridized carbons (Fsp3) is 0.786. The van der Waals surface area contributed by atoms with Gasteiger partial charge in [0.2, 0.25) is 11.8 Å². The molecule has 1 amide bonds. The predicted molar refractivity (Wildman–Crippen MR) is 74.3 cm³/mol. The molecule has 3 rings (SSSR count). The fourth-order valence-electron chi connectivity index (χ4n) is 3.55. The minimum Gasteiger partial charge on any atom is -0.395 e. The molecule has 7 nitrogen and oxygen atoms in total. The van der Waals surface area contributed by atoms with Crippen LogP contribution in [0.4, 0.5) is 0 Å². The van der Waals surface area contributed by atoms with Gasteiger partial charge in [0.05, 0.1) is 18.6 Å². The van der Waals surface area contributed by atoms with Gasteiger partial charge in [-0.05, 0) is 32.7 Å². The van der Waals surface area contributed by atoms with Crippen LogP contribution in [0.1, 0.15) is 31.0 Å². The molecule has 1 spiro atoms. The Kier molecular flexibility index (Phi) is 3.95. The molecule has 7 heteroatoms. The Morgan fingerprint density at radius 1 is 1.38 bits per heavy atom. The quantitative estimate of drug-likeness (QED) is 0.853. The molecule has 0 radical (unpaired) electrons. The second-order valence-corrected chi connectivity index (χ2v) is 6.10. The van der Waals surface area contributed by atoms with Gasteiger partial charge in [-0.1, -0.05) is 5.16 Å². The van der Waals surface area contributed by atoms with Crippen LogP contribution in [-0.4, -0.2) is 63.7 Å². The van der Waals surface area contributed by atoms with Crippen LogP contribution in [-0.2, 0) is 11.3 Å². The summed E-state index contributed by atoms with van der Waals surface area (Å²) in [6.07, 6.45) is 2.83. The highest BCUT2D eigenvalue weighted by molar-refractivity contribution is 5.84. The molecule has 2 saturated heterocycles. The lowest BCUT2D eigenvalue weighted by Crippen LogP contribution is -2.50. The van der Waals surface area contributed by atoms with Gasteiger partial charge >= 0.3 is 0 Å². The van der Waals surface area contributed by atoms with Gasteiger partial charge in [-0.25, -0.2) is 0 Å². The first kappa shape index (κ1) is 14.5. The van der Waals surface area contributed by atoms with Crippen LogP contribution in [0.5, 0.6) is 0 Å². The normalized spacial score (nSPS) is 27.0. The first-order valence-electron chi connectivity index (χ1n) is 7.55. The van der Waals surface area contributed by atoms with E-state index >= 15 is 0 Å². The molecule has 3 heterocycles. The number of piperidine rings is 1. The van der Waals surface area contributed by atoms with Crippen molar-refractivity contribution in [2.24, 2.45) is 5.41 Å². The number of hydrogen-bond donors (Lipinski definition) is 1. The molecule has 1 N–H and O–H groups in total. The van der Waals surface area contributed by atoms with Crippen LogP contribution in [0.3, 0.4) is 0 Å². The van der Waals surface area contributed by atoms with Gasteiger partial charge in [-0.2, -0.15) is 4.98 Å². The molecule has 0 unspecified atom stereocenters. The maximum absolute atomic E-state index is 12.7. The fourth-order valence-corrected chi connectivity index (χ4v) is 3.55. The van der Waals surface area contributed by atoms with Gasteiger partial charge in [-0.15, -0.1) is 0 Å². The Hall–Kier alpha value is -1.47. The Balaban J connectivity index is 1.65. The van der Waals surface area contributed by atoms with E-state index in [-0.39, 0.29) is 17.9 Å². The summed E-state index contributed by atoms with van der Waals surface area (Å²) in [6, 6.07) is 0. The van der Waals surface area contributed by atoms with Crippen molar-refractivity contribution in [1.29, 1.82) is 0 Å². The van der Waals surface area contributed by atoms with Crippen molar-refractivity contribution in [3.05, 3.63) is 11.7 Å². The molecular formula is C14H22N4O3. The van der Waals surface area contributed by atoms with Crippen molar-refractivity contribution in [3.8, 4) is 0 Å². The van der Waals surface area contributed by atoms with E-state index in [2.05, 4.69) is 15.0 Å². The zero-order valence-electron chi connectivity index (χ0n) is 12.4. The Labute approximate surface area is 123 Å². The third-order valence-corrected chi connectivity index (χ3v) is 4.56. The molecule has 1 aromatic rings. The van der Waals surface area contributed by atoms with E-state index in [0.717, 1.165) is 38.9 Å². The van der Waals surface area contributed by atoms with E-state index in [1.165, 1.54) is 0 Å². The summed E-state index contributed by atoms with van der Waals surface area (Å²) in [7, 11) is 0. The summed E-state index contributed by atoms with van der Waals surface area (Å²) in [5.74, 6) is 1.45. The minimum absolute atomic E-state index is 0.0345. The third kappa shape index (κ3) is 2.80. The lowest BCUT2D eigenvalue weighted by molar-refractivity contribution is -0.146. The van der Waals surface area contributed by atoms with E-state index in [9.17, 15) is 4.79 Å². The molecule has 0 aromatic carbocycles. The van der Waals surface area contributed by atoms with E-state index in [4.69, 9.17) is 9.63 Å². The Morgan fingerprint density at radius 3 is 2.95 bits per heavy atom.